The number of halogens is 1. The summed E-state index contributed by atoms with van der Waals surface area (Å²) >= 11 is 3.28. The first kappa shape index (κ1) is 9.22. The van der Waals surface area contributed by atoms with E-state index in [0.29, 0.717) is 5.56 Å². The van der Waals surface area contributed by atoms with Crippen LogP contribution in [0.4, 0.5) is 0 Å². The van der Waals surface area contributed by atoms with E-state index in [9.17, 15) is 4.79 Å². The van der Waals surface area contributed by atoms with Crippen molar-refractivity contribution in [1.29, 1.82) is 0 Å². The summed E-state index contributed by atoms with van der Waals surface area (Å²) < 4.78 is 0.851. The van der Waals surface area contributed by atoms with Crippen LogP contribution in [0.1, 0.15) is 15.9 Å². The van der Waals surface area contributed by atoms with Gasteiger partial charge in [-0.2, -0.15) is 0 Å². The highest BCUT2D eigenvalue weighted by atomic mass is 79.9. The molecule has 1 aromatic rings. The molecule has 0 unspecified atom stereocenters. The maximum atomic E-state index is 11.0. The summed E-state index contributed by atoms with van der Waals surface area (Å²) in [5, 5.41) is 8.39. The fraction of sp³-hybridized carbons (Fsp3) is 0.125. The summed E-state index contributed by atoms with van der Waals surface area (Å²) in [7, 11) is 0. The average molecular weight is 230 g/mol. The van der Waals surface area contributed by atoms with Gasteiger partial charge in [0.15, 0.2) is 0 Å². The van der Waals surface area contributed by atoms with Crippen LogP contribution in [-0.4, -0.2) is 11.1 Å². The van der Waals surface area contributed by atoms with E-state index in [1.807, 2.05) is 6.07 Å². The number of carbonyl (C=O) groups excluding carboxylic acids is 1. The summed E-state index contributed by atoms with van der Waals surface area (Å²) in [5.41, 5.74) is 2.86. The molecule has 1 rings (SSSR count). The smallest absolute Gasteiger partial charge is 0.274 e. The Morgan fingerprint density at radius 3 is 2.83 bits per heavy atom. The van der Waals surface area contributed by atoms with Gasteiger partial charge in [-0.15, -0.1) is 0 Å². The molecule has 0 fully saturated rings. The molecule has 0 aliphatic carbocycles. The maximum Gasteiger partial charge on any atom is 0.274 e. The highest BCUT2D eigenvalue weighted by Crippen LogP contribution is 2.18. The van der Waals surface area contributed by atoms with Crippen molar-refractivity contribution in [3.63, 3.8) is 0 Å². The van der Waals surface area contributed by atoms with Gasteiger partial charge in [-0.3, -0.25) is 10.0 Å². The highest BCUT2D eigenvalue weighted by molar-refractivity contribution is 9.10. The van der Waals surface area contributed by atoms with Gasteiger partial charge < -0.3 is 0 Å². The normalized spacial score (nSPS) is 9.58. The van der Waals surface area contributed by atoms with E-state index in [-0.39, 0.29) is 0 Å². The highest BCUT2D eigenvalue weighted by Gasteiger charge is 2.08. The zero-order valence-corrected chi connectivity index (χ0v) is 8.05. The average Bonchev–Trinajstić information content (AvgIpc) is 2.08. The minimum Gasteiger partial charge on any atom is -0.288 e. The Morgan fingerprint density at radius 1 is 1.58 bits per heavy atom. The fourth-order valence-corrected chi connectivity index (χ4v) is 1.28. The first-order chi connectivity index (χ1) is 5.66. The Balaban J connectivity index is 3.16. The third-order valence-corrected chi connectivity index (χ3v) is 2.47. The topological polar surface area (TPSA) is 49.3 Å². The summed E-state index contributed by atoms with van der Waals surface area (Å²) in [4.78, 5) is 11.0. The molecule has 1 amide bonds. The van der Waals surface area contributed by atoms with Crippen LogP contribution in [0.5, 0.6) is 0 Å². The van der Waals surface area contributed by atoms with Crippen molar-refractivity contribution in [2.45, 2.75) is 6.92 Å². The maximum absolute atomic E-state index is 11.0. The molecule has 64 valence electrons. The van der Waals surface area contributed by atoms with Gasteiger partial charge in [-0.05, 0) is 24.6 Å². The Hall–Kier alpha value is -0.870. The lowest BCUT2D eigenvalue weighted by atomic mass is 10.1. The minimum atomic E-state index is -0.492. The first-order valence-electron chi connectivity index (χ1n) is 3.36. The number of hydrogen-bond donors (Lipinski definition) is 2. The molecule has 2 N–H and O–H groups in total. The molecule has 0 saturated carbocycles. The van der Waals surface area contributed by atoms with E-state index in [2.05, 4.69) is 15.9 Å². The molecule has 0 atom stereocenters. The number of rotatable bonds is 1. The fourth-order valence-electron chi connectivity index (χ4n) is 0.914. The van der Waals surface area contributed by atoms with Crippen LogP contribution in [0.2, 0.25) is 0 Å². The molecule has 1 aromatic carbocycles. The molecular formula is C8H8BrNO2. The van der Waals surface area contributed by atoms with Crippen LogP contribution in [0.25, 0.3) is 0 Å². The van der Waals surface area contributed by atoms with E-state index in [4.69, 9.17) is 5.21 Å². The van der Waals surface area contributed by atoms with Crippen molar-refractivity contribution >= 4 is 21.8 Å². The molecule has 0 aliphatic rings. The van der Waals surface area contributed by atoms with Crippen molar-refractivity contribution in [2.24, 2.45) is 0 Å². The van der Waals surface area contributed by atoms with Crippen LogP contribution >= 0.6 is 15.9 Å². The van der Waals surface area contributed by atoms with Gasteiger partial charge in [0, 0.05) is 10.0 Å². The lowest BCUT2D eigenvalue weighted by Gasteiger charge is -2.04. The van der Waals surface area contributed by atoms with Gasteiger partial charge in [-0.1, -0.05) is 22.0 Å². The molecule has 3 nitrogen and oxygen atoms in total. The second kappa shape index (κ2) is 3.69. The van der Waals surface area contributed by atoms with Crippen molar-refractivity contribution in [2.75, 3.05) is 0 Å². The monoisotopic (exact) mass is 229 g/mol. The van der Waals surface area contributed by atoms with Crippen LogP contribution in [0.3, 0.4) is 0 Å². The summed E-state index contributed by atoms with van der Waals surface area (Å²) in [6.45, 7) is 1.80. The lowest BCUT2D eigenvalue weighted by molar-refractivity contribution is 0.0705. The zero-order chi connectivity index (χ0) is 9.14. The third kappa shape index (κ3) is 1.65. The van der Waals surface area contributed by atoms with Gasteiger partial charge >= 0.3 is 0 Å². The van der Waals surface area contributed by atoms with E-state index in [1.54, 1.807) is 24.5 Å². The first-order valence-corrected chi connectivity index (χ1v) is 4.15. The standard InChI is InChI=1S/C8H8BrNO2/c1-5-6(8(11)10-12)3-2-4-7(5)9/h2-4,12H,1H3,(H,10,11). The summed E-state index contributed by atoms with van der Waals surface area (Å²) in [6, 6.07) is 5.22. The van der Waals surface area contributed by atoms with E-state index in [0.717, 1.165) is 10.0 Å². The van der Waals surface area contributed by atoms with Crippen molar-refractivity contribution in [1.82, 2.24) is 5.48 Å². The molecule has 0 bridgehead atoms. The molecule has 12 heavy (non-hydrogen) atoms. The predicted molar refractivity (Wildman–Crippen MR) is 48.1 cm³/mol. The van der Waals surface area contributed by atoms with Gasteiger partial charge in [0.25, 0.3) is 5.91 Å². The van der Waals surface area contributed by atoms with Crippen molar-refractivity contribution in [3.8, 4) is 0 Å². The molecule has 0 aliphatic heterocycles. The molecular weight excluding hydrogens is 222 g/mol. The quantitative estimate of drug-likeness (QED) is 0.571. The minimum absolute atomic E-state index is 0.465. The molecule has 0 heterocycles. The predicted octanol–water partition coefficient (Wildman–Crippen LogP) is 1.88. The number of nitrogens with one attached hydrogen (secondary N) is 1. The molecule has 0 aromatic heterocycles. The number of hydrogen-bond acceptors (Lipinski definition) is 2. The van der Waals surface area contributed by atoms with Crippen LogP contribution < -0.4 is 5.48 Å². The Kier molecular flexibility index (Phi) is 2.83. The second-order valence-corrected chi connectivity index (χ2v) is 3.21. The van der Waals surface area contributed by atoms with Gasteiger partial charge in [0.05, 0.1) is 0 Å². The van der Waals surface area contributed by atoms with Crippen LogP contribution in [-0.2, 0) is 0 Å². The summed E-state index contributed by atoms with van der Waals surface area (Å²) in [5.74, 6) is -0.492. The number of hydroxylamine groups is 1. The van der Waals surface area contributed by atoms with Gasteiger partial charge in [0.1, 0.15) is 0 Å². The second-order valence-electron chi connectivity index (χ2n) is 2.35. The number of amides is 1. The Bertz CT molecular complexity index is 312. The van der Waals surface area contributed by atoms with Crippen LogP contribution in [0, 0.1) is 6.92 Å². The lowest BCUT2D eigenvalue weighted by Crippen LogP contribution is -2.19. The SMILES string of the molecule is Cc1c(Br)cccc1C(=O)NO. The Labute approximate surface area is 78.5 Å². The van der Waals surface area contributed by atoms with Crippen molar-refractivity contribution < 1.29 is 10.0 Å². The number of carbonyl (C=O) groups is 1. The van der Waals surface area contributed by atoms with Crippen LogP contribution in [0.15, 0.2) is 22.7 Å². The Morgan fingerprint density at radius 2 is 2.25 bits per heavy atom. The summed E-state index contributed by atoms with van der Waals surface area (Å²) in [6.07, 6.45) is 0. The van der Waals surface area contributed by atoms with E-state index in [1.165, 1.54) is 0 Å². The zero-order valence-electron chi connectivity index (χ0n) is 6.47. The molecule has 4 heteroatoms. The molecule has 0 saturated heterocycles. The molecule has 0 spiro atoms. The molecule has 0 radical (unpaired) electrons. The van der Waals surface area contributed by atoms with E-state index < -0.39 is 5.91 Å². The number of benzene rings is 1. The van der Waals surface area contributed by atoms with Gasteiger partial charge in [-0.25, -0.2) is 5.48 Å². The van der Waals surface area contributed by atoms with E-state index >= 15 is 0 Å². The third-order valence-electron chi connectivity index (χ3n) is 1.61. The van der Waals surface area contributed by atoms with Crippen molar-refractivity contribution in [3.05, 3.63) is 33.8 Å². The largest absolute Gasteiger partial charge is 0.288 e. The van der Waals surface area contributed by atoms with Gasteiger partial charge in [0.2, 0.25) is 0 Å².